The SMILES string of the molecule is CCC(CC)=NCCNCCN=C(CC)CC. The highest BCUT2D eigenvalue weighted by atomic mass is 14.9. The molecular weight excluding hydrogens is 210 g/mol. The van der Waals surface area contributed by atoms with Crippen LogP contribution < -0.4 is 5.32 Å². The molecule has 0 aliphatic heterocycles. The lowest BCUT2D eigenvalue weighted by atomic mass is 10.2. The molecule has 0 atom stereocenters. The first-order chi connectivity index (χ1) is 8.28. The monoisotopic (exact) mass is 239 g/mol. The minimum atomic E-state index is 0.898. The fourth-order valence-corrected chi connectivity index (χ4v) is 1.66. The van der Waals surface area contributed by atoms with Crippen LogP contribution in [-0.2, 0) is 0 Å². The molecule has 0 aromatic carbocycles. The zero-order valence-corrected chi connectivity index (χ0v) is 12.1. The lowest BCUT2D eigenvalue weighted by Gasteiger charge is -2.03. The van der Waals surface area contributed by atoms with Crippen LogP contribution in [0, 0.1) is 0 Å². The van der Waals surface area contributed by atoms with E-state index in [0.29, 0.717) is 0 Å². The lowest BCUT2D eigenvalue weighted by molar-refractivity contribution is 0.695. The fourth-order valence-electron chi connectivity index (χ4n) is 1.66. The highest BCUT2D eigenvalue weighted by molar-refractivity contribution is 5.84. The Balaban J connectivity index is 3.53. The van der Waals surface area contributed by atoms with E-state index in [1.165, 1.54) is 11.4 Å². The van der Waals surface area contributed by atoms with Crippen molar-refractivity contribution in [2.75, 3.05) is 26.2 Å². The number of hydrogen-bond acceptors (Lipinski definition) is 3. The second-order valence-corrected chi connectivity index (χ2v) is 4.06. The summed E-state index contributed by atoms with van der Waals surface area (Å²) in [6, 6.07) is 0. The molecule has 0 aliphatic rings. The number of rotatable bonds is 10. The van der Waals surface area contributed by atoms with E-state index in [-0.39, 0.29) is 0 Å². The smallest absolute Gasteiger partial charge is 0.0513 e. The second kappa shape index (κ2) is 11.8. The predicted molar refractivity (Wildman–Crippen MR) is 78.6 cm³/mol. The van der Waals surface area contributed by atoms with Gasteiger partial charge in [-0.3, -0.25) is 9.98 Å². The van der Waals surface area contributed by atoms with Gasteiger partial charge >= 0.3 is 0 Å². The third kappa shape index (κ3) is 9.04. The van der Waals surface area contributed by atoms with Gasteiger partial charge in [0, 0.05) is 24.5 Å². The average molecular weight is 239 g/mol. The van der Waals surface area contributed by atoms with Crippen LogP contribution in [-0.4, -0.2) is 37.6 Å². The number of nitrogens with zero attached hydrogens (tertiary/aromatic N) is 2. The summed E-state index contributed by atoms with van der Waals surface area (Å²) in [6.07, 6.45) is 4.32. The van der Waals surface area contributed by atoms with Crippen LogP contribution in [0.25, 0.3) is 0 Å². The van der Waals surface area contributed by atoms with Crippen molar-refractivity contribution in [1.29, 1.82) is 0 Å². The summed E-state index contributed by atoms with van der Waals surface area (Å²) >= 11 is 0. The normalized spacial score (nSPS) is 10.1. The Bertz CT molecular complexity index is 196. The maximum atomic E-state index is 4.54. The van der Waals surface area contributed by atoms with Gasteiger partial charge in [-0.2, -0.15) is 0 Å². The molecule has 0 heterocycles. The zero-order valence-electron chi connectivity index (χ0n) is 12.1. The molecule has 0 saturated heterocycles. The number of aliphatic imine (C=N–C) groups is 2. The van der Waals surface area contributed by atoms with Crippen molar-refractivity contribution < 1.29 is 0 Å². The topological polar surface area (TPSA) is 36.8 Å². The van der Waals surface area contributed by atoms with Gasteiger partial charge in [0.1, 0.15) is 0 Å². The Hall–Kier alpha value is -0.700. The van der Waals surface area contributed by atoms with Gasteiger partial charge in [-0.1, -0.05) is 27.7 Å². The summed E-state index contributed by atoms with van der Waals surface area (Å²) in [5, 5.41) is 3.38. The van der Waals surface area contributed by atoms with Gasteiger partial charge < -0.3 is 5.32 Å². The van der Waals surface area contributed by atoms with Gasteiger partial charge in [-0.05, 0) is 25.7 Å². The van der Waals surface area contributed by atoms with E-state index < -0.39 is 0 Å². The molecule has 0 aliphatic carbocycles. The third-order valence-electron chi connectivity index (χ3n) is 2.88. The highest BCUT2D eigenvalue weighted by Crippen LogP contribution is 1.92. The molecular formula is C14H29N3. The van der Waals surface area contributed by atoms with Crippen molar-refractivity contribution in [1.82, 2.24) is 5.32 Å². The van der Waals surface area contributed by atoms with E-state index >= 15 is 0 Å². The Kier molecular flexibility index (Phi) is 11.3. The molecule has 0 rings (SSSR count). The standard InChI is InChI=1S/C14H29N3/c1-5-13(6-2)16-11-9-15-10-12-17-14(7-3)8-4/h15H,5-12H2,1-4H3. The highest BCUT2D eigenvalue weighted by Gasteiger charge is 1.92. The predicted octanol–water partition coefficient (Wildman–Crippen LogP) is 3.10. The van der Waals surface area contributed by atoms with Crippen molar-refractivity contribution in [2.24, 2.45) is 9.98 Å². The molecule has 1 N–H and O–H groups in total. The van der Waals surface area contributed by atoms with Gasteiger partial charge in [0.2, 0.25) is 0 Å². The lowest BCUT2D eigenvalue weighted by Crippen LogP contribution is -2.21. The fraction of sp³-hybridized carbons (Fsp3) is 0.857. The molecule has 0 fully saturated rings. The minimum Gasteiger partial charge on any atom is -0.313 e. The molecule has 0 aromatic heterocycles. The van der Waals surface area contributed by atoms with Gasteiger partial charge in [0.15, 0.2) is 0 Å². The van der Waals surface area contributed by atoms with Crippen LogP contribution in [0.3, 0.4) is 0 Å². The summed E-state index contributed by atoms with van der Waals surface area (Å²) in [6.45, 7) is 12.4. The Labute approximate surface area is 107 Å². The first-order valence-corrected chi connectivity index (χ1v) is 7.03. The molecule has 0 spiro atoms. The Morgan fingerprint density at radius 1 is 0.706 bits per heavy atom. The minimum absolute atomic E-state index is 0.898. The molecule has 17 heavy (non-hydrogen) atoms. The van der Waals surface area contributed by atoms with Crippen molar-refractivity contribution in [3.63, 3.8) is 0 Å². The summed E-state index contributed by atoms with van der Waals surface area (Å²) in [5.74, 6) is 0. The van der Waals surface area contributed by atoms with E-state index in [0.717, 1.165) is 51.9 Å². The summed E-state index contributed by atoms with van der Waals surface area (Å²) < 4.78 is 0. The Morgan fingerprint density at radius 3 is 1.35 bits per heavy atom. The number of hydrogen-bond donors (Lipinski definition) is 1. The van der Waals surface area contributed by atoms with E-state index in [2.05, 4.69) is 43.0 Å². The molecule has 100 valence electrons. The van der Waals surface area contributed by atoms with Gasteiger partial charge in [0.05, 0.1) is 13.1 Å². The van der Waals surface area contributed by atoms with Gasteiger partial charge in [-0.15, -0.1) is 0 Å². The molecule has 3 nitrogen and oxygen atoms in total. The van der Waals surface area contributed by atoms with Crippen molar-refractivity contribution in [2.45, 2.75) is 53.4 Å². The molecule has 0 saturated carbocycles. The van der Waals surface area contributed by atoms with Crippen LogP contribution in [0.1, 0.15) is 53.4 Å². The van der Waals surface area contributed by atoms with Crippen LogP contribution >= 0.6 is 0 Å². The molecule has 0 aromatic rings. The number of nitrogens with one attached hydrogen (secondary N) is 1. The van der Waals surface area contributed by atoms with E-state index in [1.54, 1.807) is 0 Å². The van der Waals surface area contributed by atoms with Crippen molar-refractivity contribution in [3.05, 3.63) is 0 Å². The summed E-state index contributed by atoms with van der Waals surface area (Å²) in [7, 11) is 0. The van der Waals surface area contributed by atoms with Gasteiger partial charge in [-0.25, -0.2) is 0 Å². The van der Waals surface area contributed by atoms with E-state index in [1.807, 2.05) is 0 Å². The molecule has 0 bridgehead atoms. The summed E-state index contributed by atoms with van der Waals surface area (Å²) in [5.41, 5.74) is 2.65. The Morgan fingerprint density at radius 2 is 1.06 bits per heavy atom. The average Bonchev–Trinajstić information content (AvgIpc) is 2.37. The molecule has 0 radical (unpaired) electrons. The van der Waals surface area contributed by atoms with E-state index in [4.69, 9.17) is 0 Å². The first kappa shape index (κ1) is 16.3. The third-order valence-corrected chi connectivity index (χ3v) is 2.88. The van der Waals surface area contributed by atoms with Crippen LogP contribution in [0.5, 0.6) is 0 Å². The zero-order chi connectivity index (χ0) is 12.9. The molecule has 0 amide bonds. The van der Waals surface area contributed by atoms with E-state index in [9.17, 15) is 0 Å². The van der Waals surface area contributed by atoms with Crippen LogP contribution in [0.2, 0.25) is 0 Å². The maximum Gasteiger partial charge on any atom is 0.0513 e. The van der Waals surface area contributed by atoms with Crippen molar-refractivity contribution in [3.8, 4) is 0 Å². The van der Waals surface area contributed by atoms with Crippen molar-refractivity contribution >= 4 is 11.4 Å². The molecule has 3 heteroatoms. The largest absolute Gasteiger partial charge is 0.313 e. The first-order valence-electron chi connectivity index (χ1n) is 7.03. The van der Waals surface area contributed by atoms with Crippen LogP contribution in [0.4, 0.5) is 0 Å². The maximum absolute atomic E-state index is 4.54. The summed E-state index contributed by atoms with van der Waals surface area (Å²) in [4.78, 5) is 9.09. The van der Waals surface area contributed by atoms with Gasteiger partial charge in [0.25, 0.3) is 0 Å². The molecule has 0 unspecified atom stereocenters. The van der Waals surface area contributed by atoms with Crippen LogP contribution in [0.15, 0.2) is 9.98 Å². The second-order valence-electron chi connectivity index (χ2n) is 4.06. The quantitative estimate of drug-likeness (QED) is 0.461.